The molecule has 4 nitrogen and oxygen atoms in total. The molecule has 0 unspecified atom stereocenters. The van der Waals surface area contributed by atoms with E-state index in [1.165, 1.54) is 5.56 Å². The maximum absolute atomic E-state index is 11.0. The van der Waals surface area contributed by atoms with Crippen LogP contribution in [0.2, 0.25) is 0 Å². The number of pyridine rings is 1. The van der Waals surface area contributed by atoms with Crippen molar-refractivity contribution >= 4 is 5.91 Å². The molecule has 0 saturated heterocycles. The Morgan fingerprint density at radius 1 is 1.47 bits per heavy atom. The molecule has 1 rings (SSSR count). The summed E-state index contributed by atoms with van der Waals surface area (Å²) in [6, 6.07) is 3.91. The van der Waals surface area contributed by atoms with Gasteiger partial charge < -0.3 is 11.1 Å². The predicted molar refractivity (Wildman–Crippen MR) is 59.2 cm³/mol. The Morgan fingerprint density at radius 3 is 2.60 bits per heavy atom. The maximum Gasteiger partial charge on any atom is 0.237 e. The molecule has 4 heteroatoms. The van der Waals surface area contributed by atoms with Crippen molar-refractivity contribution in [2.24, 2.45) is 5.73 Å². The van der Waals surface area contributed by atoms with Crippen molar-refractivity contribution in [2.75, 3.05) is 6.54 Å². The van der Waals surface area contributed by atoms with Crippen LogP contribution in [0.3, 0.4) is 0 Å². The van der Waals surface area contributed by atoms with Crippen molar-refractivity contribution in [3.8, 4) is 0 Å². The van der Waals surface area contributed by atoms with E-state index in [0.717, 1.165) is 13.0 Å². The summed E-state index contributed by atoms with van der Waals surface area (Å²) in [5, 5.41) is 3.11. The molecule has 1 amide bonds. The molecule has 1 aromatic heterocycles. The summed E-state index contributed by atoms with van der Waals surface area (Å²) < 4.78 is 0. The topological polar surface area (TPSA) is 68.0 Å². The normalized spacial score (nSPS) is 11.3. The first kappa shape index (κ1) is 11.7. The Balaban J connectivity index is 2.37. The average Bonchev–Trinajstić information content (AvgIpc) is 2.19. The number of rotatable bonds is 5. The van der Waals surface area contributed by atoms with Crippen LogP contribution in [0.15, 0.2) is 24.5 Å². The van der Waals surface area contributed by atoms with E-state index in [1.807, 2.05) is 12.1 Å². The number of hydrogen-bond acceptors (Lipinski definition) is 3. The van der Waals surface area contributed by atoms with Gasteiger partial charge in [-0.05, 0) is 38.0 Å². The second kappa shape index (κ2) is 4.89. The highest BCUT2D eigenvalue weighted by molar-refractivity contribution is 5.83. The number of nitrogens with two attached hydrogens (primary N) is 1. The van der Waals surface area contributed by atoms with Gasteiger partial charge in [-0.2, -0.15) is 0 Å². The monoisotopic (exact) mass is 207 g/mol. The highest BCUT2D eigenvalue weighted by Gasteiger charge is 2.23. The number of hydrogen-bond donors (Lipinski definition) is 2. The first-order chi connectivity index (χ1) is 7.02. The minimum Gasteiger partial charge on any atom is -0.368 e. The molecule has 0 aliphatic heterocycles. The van der Waals surface area contributed by atoms with Gasteiger partial charge in [0.05, 0.1) is 5.54 Å². The van der Waals surface area contributed by atoms with Crippen molar-refractivity contribution in [3.05, 3.63) is 30.1 Å². The molecule has 0 aliphatic rings. The fraction of sp³-hybridized carbons (Fsp3) is 0.455. The van der Waals surface area contributed by atoms with Gasteiger partial charge in [-0.25, -0.2) is 0 Å². The Labute approximate surface area is 89.9 Å². The van der Waals surface area contributed by atoms with Crippen LogP contribution in [-0.2, 0) is 11.2 Å². The van der Waals surface area contributed by atoms with E-state index >= 15 is 0 Å². The molecule has 15 heavy (non-hydrogen) atoms. The molecule has 0 radical (unpaired) electrons. The van der Waals surface area contributed by atoms with Crippen LogP contribution in [0.25, 0.3) is 0 Å². The number of carbonyl (C=O) groups is 1. The minimum absolute atomic E-state index is 0.336. The van der Waals surface area contributed by atoms with Crippen molar-refractivity contribution in [3.63, 3.8) is 0 Å². The summed E-state index contributed by atoms with van der Waals surface area (Å²) in [5.74, 6) is -0.336. The summed E-state index contributed by atoms with van der Waals surface area (Å²) in [6.45, 7) is 4.28. The van der Waals surface area contributed by atoms with Crippen molar-refractivity contribution in [1.82, 2.24) is 10.3 Å². The van der Waals surface area contributed by atoms with Gasteiger partial charge in [0.25, 0.3) is 0 Å². The fourth-order valence-corrected chi connectivity index (χ4v) is 1.16. The van der Waals surface area contributed by atoms with Gasteiger partial charge >= 0.3 is 0 Å². The zero-order valence-corrected chi connectivity index (χ0v) is 9.16. The third-order valence-electron chi connectivity index (χ3n) is 2.35. The second-order valence-corrected chi connectivity index (χ2v) is 4.02. The Bertz CT molecular complexity index is 322. The van der Waals surface area contributed by atoms with E-state index in [4.69, 9.17) is 5.73 Å². The van der Waals surface area contributed by atoms with Crippen LogP contribution in [0.4, 0.5) is 0 Å². The molecular weight excluding hydrogens is 190 g/mol. The molecule has 0 saturated carbocycles. The Kier molecular flexibility index (Phi) is 3.80. The summed E-state index contributed by atoms with van der Waals surface area (Å²) in [5.41, 5.74) is 5.78. The number of nitrogens with zero attached hydrogens (tertiary/aromatic N) is 1. The maximum atomic E-state index is 11.0. The van der Waals surface area contributed by atoms with Gasteiger partial charge in [-0.3, -0.25) is 9.78 Å². The van der Waals surface area contributed by atoms with Crippen LogP contribution in [0.1, 0.15) is 19.4 Å². The number of primary amides is 1. The molecule has 0 aromatic carbocycles. The van der Waals surface area contributed by atoms with E-state index in [2.05, 4.69) is 10.3 Å². The quantitative estimate of drug-likeness (QED) is 0.737. The van der Waals surface area contributed by atoms with Crippen LogP contribution in [0.5, 0.6) is 0 Å². The first-order valence-electron chi connectivity index (χ1n) is 4.96. The summed E-state index contributed by atoms with van der Waals surface area (Å²) >= 11 is 0. The lowest BCUT2D eigenvalue weighted by atomic mass is 10.0. The Hall–Kier alpha value is -1.42. The SMILES string of the molecule is CC(C)(NCCc1ccncc1)C(N)=O. The lowest BCUT2D eigenvalue weighted by Crippen LogP contribution is -2.51. The number of amides is 1. The van der Waals surface area contributed by atoms with E-state index in [1.54, 1.807) is 26.2 Å². The number of aromatic nitrogens is 1. The largest absolute Gasteiger partial charge is 0.368 e. The van der Waals surface area contributed by atoms with Gasteiger partial charge in [-0.15, -0.1) is 0 Å². The van der Waals surface area contributed by atoms with Crippen molar-refractivity contribution in [1.29, 1.82) is 0 Å². The second-order valence-electron chi connectivity index (χ2n) is 4.02. The molecule has 0 bridgehead atoms. The lowest BCUT2D eigenvalue weighted by molar-refractivity contribution is -0.123. The smallest absolute Gasteiger partial charge is 0.237 e. The van der Waals surface area contributed by atoms with Gasteiger partial charge in [0.15, 0.2) is 0 Å². The average molecular weight is 207 g/mol. The molecule has 0 spiro atoms. The van der Waals surface area contributed by atoms with Crippen LogP contribution in [0, 0.1) is 0 Å². The van der Waals surface area contributed by atoms with E-state index < -0.39 is 5.54 Å². The first-order valence-corrected chi connectivity index (χ1v) is 4.96. The summed E-state index contributed by atoms with van der Waals surface area (Å²) in [6.07, 6.45) is 4.38. The van der Waals surface area contributed by atoms with Gasteiger partial charge in [0.1, 0.15) is 0 Å². The van der Waals surface area contributed by atoms with Gasteiger partial charge in [0.2, 0.25) is 5.91 Å². The highest BCUT2D eigenvalue weighted by atomic mass is 16.1. The lowest BCUT2D eigenvalue weighted by Gasteiger charge is -2.22. The van der Waals surface area contributed by atoms with Crippen LogP contribution in [-0.4, -0.2) is 23.0 Å². The number of nitrogens with one attached hydrogen (secondary N) is 1. The van der Waals surface area contributed by atoms with Gasteiger partial charge in [0, 0.05) is 18.9 Å². The highest BCUT2D eigenvalue weighted by Crippen LogP contribution is 2.01. The number of carbonyl (C=O) groups excluding carboxylic acids is 1. The van der Waals surface area contributed by atoms with E-state index in [0.29, 0.717) is 0 Å². The van der Waals surface area contributed by atoms with Crippen molar-refractivity contribution < 1.29 is 4.79 Å². The van der Waals surface area contributed by atoms with E-state index in [-0.39, 0.29) is 5.91 Å². The molecule has 0 fully saturated rings. The molecule has 82 valence electrons. The molecule has 0 atom stereocenters. The van der Waals surface area contributed by atoms with Crippen LogP contribution >= 0.6 is 0 Å². The zero-order chi connectivity index (χ0) is 11.3. The molecule has 3 N–H and O–H groups in total. The molecule has 0 aliphatic carbocycles. The predicted octanol–water partition coefficient (Wildman–Crippen LogP) is 0.478. The Morgan fingerprint density at radius 2 is 2.07 bits per heavy atom. The fourth-order valence-electron chi connectivity index (χ4n) is 1.16. The van der Waals surface area contributed by atoms with Crippen molar-refractivity contribution in [2.45, 2.75) is 25.8 Å². The van der Waals surface area contributed by atoms with E-state index in [9.17, 15) is 4.79 Å². The molecule has 1 heterocycles. The third kappa shape index (κ3) is 3.67. The van der Waals surface area contributed by atoms with Crippen LogP contribution < -0.4 is 11.1 Å². The molecule has 1 aromatic rings. The molecular formula is C11H17N3O. The third-order valence-corrected chi connectivity index (χ3v) is 2.35. The zero-order valence-electron chi connectivity index (χ0n) is 9.16. The van der Waals surface area contributed by atoms with Gasteiger partial charge in [-0.1, -0.05) is 0 Å². The summed E-state index contributed by atoms with van der Waals surface area (Å²) in [4.78, 5) is 14.9. The summed E-state index contributed by atoms with van der Waals surface area (Å²) in [7, 11) is 0. The standard InChI is InChI=1S/C11H17N3O/c1-11(2,10(12)15)14-8-5-9-3-6-13-7-4-9/h3-4,6-7,14H,5,8H2,1-2H3,(H2,12,15). The minimum atomic E-state index is -0.646.